The first-order chi connectivity index (χ1) is 19.3. The zero-order valence-corrected chi connectivity index (χ0v) is 28.1. The molecule has 4 aromatic heterocycles. The summed E-state index contributed by atoms with van der Waals surface area (Å²) in [6, 6.07) is 3.85. The number of fused-ring (bicyclic) bond motifs is 1. The summed E-state index contributed by atoms with van der Waals surface area (Å²) < 4.78 is 25.0. The van der Waals surface area contributed by atoms with Gasteiger partial charge < -0.3 is 14.2 Å². The fourth-order valence-corrected chi connectivity index (χ4v) is 6.18. The Hall–Kier alpha value is -2.92. The highest BCUT2D eigenvalue weighted by atomic mass is 32.1. The molecule has 0 aromatic carbocycles. The largest absolute Gasteiger partial charge is 0.464 e. The number of ether oxygens (including phenoxy) is 3. The number of anilines is 2. The minimum atomic E-state index is -1.27. The Bertz CT molecular complexity index is 1470. The van der Waals surface area contributed by atoms with Gasteiger partial charge in [0.1, 0.15) is 18.5 Å². The van der Waals surface area contributed by atoms with Crippen LogP contribution in [0, 0.1) is 6.92 Å². The average molecular weight is 616 g/mol. The quantitative estimate of drug-likeness (QED) is 0.0740. The first-order valence-corrected chi connectivity index (χ1v) is 21.9. The number of imidazole rings is 1. The van der Waals surface area contributed by atoms with Crippen LogP contribution in [0.4, 0.5) is 10.8 Å². The number of hydrogen-bond acceptors (Lipinski definition) is 10. The van der Waals surface area contributed by atoms with E-state index in [-0.39, 0.29) is 12.4 Å². The molecule has 14 heteroatoms. The molecular formula is C27H41N7O4SSi2. The van der Waals surface area contributed by atoms with Crippen molar-refractivity contribution in [2.75, 3.05) is 32.0 Å². The Balaban J connectivity index is 1.63. The molecule has 222 valence electrons. The zero-order chi connectivity index (χ0) is 29.8. The molecule has 0 aliphatic carbocycles. The van der Waals surface area contributed by atoms with Crippen molar-refractivity contribution in [2.45, 2.75) is 65.0 Å². The predicted octanol–water partition coefficient (Wildman–Crippen LogP) is 5.91. The molecule has 0 saturated carbocycles. The van der Waals surface area contributed by atoms with E-state index in [1.54, 1.807) is 10.7 Å². The zero-order valence-electron chi connectivity index (χ0n) is 25.3. The van der Waals surface area contributed by atoms with Crippen molar-refractivity contribution in [1.82, 2.24) is 28.5 Å². The summed E-state index contributed by atoms with van der Waals surface area (Å²) in [6.07, 6.45) is 7.57. The minimum absolute atomic E-state index is 0.242. The maximum atomic E-state index is 12.1. The van der Waals surface area contributed by atoms with Gasteiger partial charge in [0.25, 0.3) is 0 Å². The number of methoxy groups -OCH3 is 1. The van der Waals surface area contributed by atoms with E-state index in [1.807, 2.05) is 41.0 Å². The van der Waals surface area contributed by atoms with Crippen molar-refractivity contribution in [2.24, 2.45) is 0 Å². The monoisotopic (exact) mass is 615 g/mol. The third-order valence-electron chi connectivity index (χ3n) is 6.37. The fraction of sp³-hybridized carbons (Fsp3) is 0.519. The number of carbonyl (C=O) groups is 1. The second kappa shape index (κ2) is 12.9. The normalized spacial score (nSPS) is 12.3. The number of aryl methyl sites for hydroxylation is 1. The molecule has 4 heterocycles. The third kappa shape index (κ3) is 8.32. The molecule has 4 rings (SSSR count). The van der Waals surface area contributed by atoms with Crippen LogP contribution in [0.5, 0.6) is 0 Å². The fourth-order valence-electron chi connectivity index (χ4n) is 3.94. The van der Waals surface area contributed by atoms with Gasteiger partial charge in [0, 0.05) is 53.4 Å². The Labute approximate surface area is 247 Å². The summed E-state index contributed by atoms with van der Waals surface area (Å²) in [5, 5.41) is 5.22. The molecule has 0 N–H and O–H groups in total. The number of nitrogens with zero attached hydrogens (tertiary/aromatic N) is 7. The van der Waals surface area contributed by atoms with Crippen LogP contribution >= 0.6 is 11.5 Å². The Morgan fingerprint density at radius 1 is 1.02 bits per heavy atom. The summed E-state index contributed by atoms with van der Waals surface area (Å²) >= 11 is 1.19. The van der Waals surface area contributed by atoms with Crippen LogP contribution in [-0.2, 0) is 20.9 Å². The first kappa shape index (κ1) is 31.0. The smallest absolute Gasteiger partial charge is 0.357 e. The summed E-state index contributed by atoms with van der Waals surface area (Å²) in [4.78, 5) is 23.7. The van der Waals surface area contributed by atoms with Crippen LogP contribution in [0.25, 0.3) is 16.9 Å². The Morgan fingerprint density at radius 2 is 1.73 bits per heavy atom. The second-order valence-corrected chi connectivity index (χ2v) is 24.5. The third-order valence-corrected chi connectivity index (χ3v) is 10.6. The van der Waals surface area contributed by atoms with Gasteiger partial charge in [0.15, 0.2) is 17.2 Å². The van der Waals surface area contributed by atoms with Gasteiger partial charge in [-0.3, -0.25) is 9.30 Å². The minimum Gasteiger partial charge on any atom is -0.464 e. The van der Waals surface area contributed by atoms with E-state index in [0.29, 0.717) is 29.8 Å². The van der Waals surface area contributed by atoms with Crippen LogP contribution in [-0.4, -0.2) is 77.7 Å². The molecule has 0 unspecified atom stereocenters. The summed E-state index contributed by atoms with van der Waals surface area (Å²) in [5.74, 6) is 0.130. The molecule has 41 heavy (non-hydrogen) atoms. The van der Waals surface area contributed by atoms with Crippen LogP contribution in [0.2, 0.25) is 51.4 Å². The lowest BCUT2D eigenvalue weighted by molar-refractivity contribution is 0.0595. The predicted molar refractivity (Wildman–Crippen MR) is 168 cm³/mol. The van der Waals surface area contributed by atoms with Gasteiger partial charge in [0.2, 0.25) is 0 Å². The molecular weight excluding hydrogens is 575 g/mol. The Morgan fingerprint density at radius 3 is 2.41 bits per heavy atom. The number of carbonyl (C=O) groups excluding carboxylic acids is 1. The molecule has 0 bridgehead atoms. The van der Waals surface area contributed by atoms with E-state index >= 15 is 0 Å². The lowest BCUT2D eigenvalue weighted by Gasteiger charge is -2.23. The van der Waals surface area contributed by atoms with E-state index in [1.165, 1.54) is 18.6 Å². The molecule has 0 radical (unpaired) electrons. The van der Waals surface area contributed by atoms with E-state index < -0.39 is 22.1 Å². The maximum Gasteiger partial charge on any atom is 0.357 e. The van der Waals surface area contributed by atoms with Gasteiger partial charge in [0.05, 0.1) is 30.9 Å². The molecule has 0 spiro atoms. The highest BCUT2D eigenvalue weighted by Crippen LogP contribution is 2.33. The van der Waals surface area contributed by atoms with Crippen molar-refractivity contribution < 1.29 is 19.0 Å². The highest BCUT2D eigenvalue weighted by Gasteiger charge is 2.23. The Kier molecular flexibility index (Phi) is 9.79. The number of hydrogen-bond donors (Lipinski definition) is 0. The molecule has 0 atom stereocenters. The van der Waals surface area contributed by atoms with Crippen molar-refractivity contribution >= 4 is 50.1 Å². The van der Waals surface area contributed by atoms with Crippen LogP contribution in [0.3, 0.4) is 0 Å². The van der Waals surface area contributed by atoms with Gasteiger partial charge in [-0.05, 0) is 30.5 Å². The van der Waals surface area contributed by atoms with Crippen molar-refractivity contribution in [3.63, 3.8) is 0 Å². The van der Waals surface area contributed by atoms with Crippen molar-refractivity contribution in [1.29, 1.82) is 0 Å². The first-order valence-electron chi connectivity index (χ1n) is 13.7. The molecule has 0 amide bonds. The summed E-state index contributed by atoms with van der Waals surface area (Å²) in [5.41, 5.74) is 3.52. The molecule has 4 aromatic rings. The molecule has 0 aliphatic rings. The SMILES string of the molecule is COC(=O)c1cc(N(COCC[Si](C)(C)C)c2nc(C)cn3c(-c4cnn(COCC[Si](C)(C)C)c4)cnc23)sn1. The van der Waals surface area contributed by atoms with Gasteiger partial charge in [-0.2, -0.15) is 9.47 Å². The summed E-state index contributed by atoms with van der Waals surface area (Å²) in [6.45, 7) is 17.9. The van der Waals surface area contributed by atoms with Crippen LogP contribution < -0.4 is 4.90 Å². The van der Waals surface area contributed by atoms with Gasteiger partial charge in [-0.15, -0.1) is 0 Å². The van der Waals surface area contributed by atoms with Gasteiger partial charge in [-0.1, -0.05) is 39.3 Å². The summed E-state index contributed by atoms with van der Waals surface area (Å²) in [7, 11) is -1.07. The number of aromatic nitrogens is 6. The van der Waals surface area contributed by atoms with Crippen LogP contribution in [0.15, 0.2) is 30.9 Å². The maximum absolute atomic E-state index is 12.1. The van der Waals surface area contributed by atoms with Crippen LogP contribution in [0.1, 0.15) is 16.2 Å². The number of rotatable bonds is 14. The number of esters is 1. The average Bonchev–Trinajstić information content (AvgIpc) is 3.64. The van der Waals surface area contributed by atoms with Crippen molar-refractivity contribution in [3.05, 3.63) is 42.2 Å². The van der Waals surface area contributed by atoms with Gasteiger partial charge in [-0.25, -0.2) is 19.4 Å². The standard InChI is InChI=1S/C27H41N7O4SSi2/c1-20-16-33-23(21-14-29-32(17-21)18-37-9-11-40(3,4)5)15-28-25(33)26(30-20)34(19-38-10-12-41(6,7)8)24-13-22(31-39-24)27(35)36-2/h13-17H,9-12,18-19H2,1-8H3. The molecule has 0 saturated heterocycles. The van der Waals surface area contributed by atoms with E-state index in [4.69, 9.17) is 24.2 Å². The van der Waals surface area contributed by atoms with Crippen molar-refractivity contribution in [3.8, 4) is 11.3 Å². The lowest BCUT2D eigenvalue weighted by atomic mass is 10.3. The second-order valence-electron chi connectivity index (χ2n) is 12.5. The topological polar surface area (TPSA) is 109 Å². The molecule has 0 aliphatic heterocycles. The molecule has 11 nitrogen and oxygen atoms in total. The molecule has 0 fully saturated rings. The highest BCUT2D eigenvalue weighted by molar-refractivity contribution is 7.10. The van der Waals surface area contributed by atoms with E-state index in [9.17, 15) is 4.79 Å². The van der Waals surface area contributed by atoms with Gasteiger partial charge >= 0.3 is 5.97 Å². The van der Waals surface area contributed by atoms with E-state index in [2.05, 4.69) is 48.8 Å². The van der Waals surface area contributed by atoms with E-state index in [0.717, 1.165) is 35.6 Å². The lowest BCUT2D eigenvalue weighted by Crippen LogP contribution is -2.26.